The van der Waals surface area contributed by atoms with Crippen molar-refractivity contribution in [3.63, 3.8) is 0 Å². The molecule has 0 spiro atoms. The number of nitrogens with one attached hydrogen (secondary N) is 2. The van der Waals surface area contributed by atoms with Gasteiger partial charge in [-0.15, -0.1) is 0 Å². The molecule has 3 atom stereocenters. The normalized spacial score (nSPS) is 13.7. The average Bonchev–Trinajstić information content (AvgIpc) is 2.68. The van der Waals surface area contributed by atoms with Crippen molar-refractivity contribution >= 4 is 18.0 Å². The fourth-order valence-electron chi connectivity index (χ4n) is 2.95. The van der Waals surface area contributed by atoms with Crippen molar-refractivity contribution in [2.45, 2.75) is 38.8 Å². The Morgan fingerprint density at radius 3 is 1.97 bits per heavy atom. The van der Waals surface area contributed by atoms with Crippen LogP contribution in [0.15, 0.2) is 54.6 Å². The van der Waals surface area contributed by atoms with E-state index in [4.69, 9.17) is 5.11 Å². The zero-order valence-electron chi connectivity index (χ0n) is 16.5. The molecule has 0 unspecified atom stereocenters. The summed E-state index contributed by atoms with van der Waals surface area (Å²) in [7, 11) is 0. The lowest BCUT2D eigenvalue weighted by Crippen LogP contribution is -2.49. The average molecular weight is 398 g/mol. The number of carbonyl (C=O) groups is 3. The highest BCUT2D eigenvalue weighted by atomic mass is 16.4. The van der Waals surface area contributed by atoms with E-state index in [2.05, 4.69) is 10.6 Å². The molecule has 2 aromatic carbocycles. The quantitative estimate of drug-likeness (QED) is 0.518. The van der Waals surface area contributed by atoms with E-state index in [-0.39, 0.29) is 6.42 Å². The molecule has 154 valence electrons. The van der Waals surface area contributed by atoms with Gasteiger partial charge in [0.05, 0.1) is 5.92 Å². The fraction of sp³-hybridized carbons (Fsp3) is 0.318. The summed E-state index contributed by atoms with van der Waals surface area (Å²) in [6.45, 7) is 2.94. The van der Waals surface area contributed by atoms with Gasteiger partial charge in [0.2, 0.25) is 0 Å². The van der Waals surface area contributed by atoms with Crippen LogP contribution in [0.5, 0.6) is 0 Å². The van der Waals surface area contributed by atoms with Gasteiger partial charge in [0, 0.05) is 6.04 Å². The second-order valence-electron chi connectivity index (χ2n) is 7.12. The molecular formula is C22H26N2O5. The summed E-state index contributed by atoms with van der Waals surface area (Å²) in [4.78, 5) is 34.3. The van der Waals surface area contributed by atoms with E-state index >= 15 is 0 Å². The molecule has 2 amide bonds. The van der Waals surface area contributed by atoms with Crippen molar-refractivity contribution in [3.8, 4) is 11.1 Å². The Labute approximate surface area is 169 Å². The van der Waals surface area contributed by atoms with Crippen LogP contribution in [0.4, 0.5) is 4.79 Å². The summed E-state index contributed by atoms with van der Waals surface area (Å²) in [6.07, 6.45) is 0.659. The van der Waals surface area contributed by atoms with Crippen LogP contribution in [0.1, 0.15) is 25.8 Å². The Hall–Kier alpha value is -3.35. The Morgan fingerprint density at radius 1 is 0.828 bits per heavy atom. The van der Waals surface area contributed by atoms with Crippen molar-refractivity contribution in [2.24, 2.45) is 5.92 Å². The van der Waals surface area contributed by atoms with Crippen LogP contribution < -0.4 is 10.6 Å². The Bertz CT molecular complexity index is 836. The molecular weight excluding hydrogens is 372 g/mol. The molecule has 7 nitrogen and oxygen atoms in total. The number of benzene rings is 2. The first-order valence-electron chi connectivity index (χ1n) is 9.43. The van der Waals surface area contributed by atoms with Gasteiger partial charge >= 0.3 is 18.0 Å². The number of amides is 2. The molecule has 0 bridgehead atoms. The van der Waals surface area contributed by atoms with Gasteiger partial charge in [0.1, 0.15) is 6.04 Å². The van der Waals surface area contributed by atoms with Crippen LogP contribution in [0.3, 0.4) is 0 Å². The third kappa shape index (κ3) is 6.95. The Kier molecular flexibility index (Phi) is 7.77. The fourth-order valence-corrected chi connectivity index (χ4v) is 2.95. The van der Waals surface area contributed by atoms with Crippen molar-refractivity contribution in [1.29, 1.82) is 0 Å². The van der Waals surface area contributed by atoms with Gasteiger partial charge < -0.3 is 20.8 Å². The number of aliphatic carboxylic acids is 2. The maximum Gasteiger partial charge on any atom is 0.325 e. The van der Waals surface area contributed by atoms with Gasteiger partial charge in [0.15, 0.2) is 0 Å². The molecule has 29 heavy (non-hydrogen) atoms. The highest BCUT2D eigenvalue weighted by Gasteiger charge is 2.22. The minimum absolute atomic E-state index is 0.227. The number of hydrogen-bond donors (Lipinski definition) is 4. The maximum absolute atomic E-state index is 12.1. The summed E-state index contributed by atoms with van der Waals surface area (Å²) in [5.41, 5.74) is 3.10. The van der Waals surface area contributed by atoms with Crippen molar-refractivity contribution in [1.82, 2.24) is 10.6 Å². The van der Waals surface area contributed by atoms with Crippen LogP contribution in [-0.4, -0.2) is 40.3 Å². The third-order valence-corrected chi connectivity index (χ3v) is 4.66. The molecule has 0 radical (unpaired) electrons. The zero-order valence-corrected chi connectivity index (χ0v) is 16.5. The van der Waals surface area contributed by atoms with E-state index in [1.54, 1.807) is 6.92 Å². The molecule has 0 aliphatic heterocycles. The van der Waals surface area contributed by atoms with Gasteiger partial charge in [0.25, 0.3) is 0 Å². The number of hydrogen-bond acceptors (Lipinski definition) is 3. The van der Waals surface area contributed by atoms with E-state index in [1.165, 1.54) is 6.92 Å². The van der Waals surface area contributed by atoms with E-state index in [9.17, 15) is 19.5 Å². The zero-order chi connectivity index (χ0) is 21.4. The van der Waals surface area contributed by atoms with Crippen LogP contribution in [-0.2, 0) is 16.0 Å². The maximum atomic E-state index is 12.1. The SMILES string of the molecule is C[C@H](C[C@@H](Cc1ccc(-c2ccccc2)cc1)NC(=O)N[C@@H](C)C(=O)O)C(=O)O. The summed E-state index contributed by atoms with van der Waals surface area (Å²) < 4.78 is 0. The second-order valence-corrected chi connectivity index (χ2v) is 7.12. The van der Waals surface area contributed by atoms with Crippen molar-refractivity contribution < 1.29 is 24.6 Å². The summed E-state index contributed by atoms with van der Waals surface area (Å²) in [5.74, 6) is -2.75. The van der Waals surface area contributed by atoms with Crippen LogP contribution in [0.2, 0.25) is 0 Å². The van der Waals surface area contributed by atoms with Crippen molar-refractivity contribution in [2.75, 3.05) is 0 Å². The first-order valence-corrected chi connectivity index (χ1v) is 9.43. The van der Waals surface area contributed by atoms with Gasteiger partial charge in [-0.05, 0) is 36.5 Å². The Morgan fingerprint density at radius 2 is 1.41 bits per heavy atom. The number of carbonyl (C=O) groups excluding carboxylic acids is 1. The lowest BCUT2D eigenvalue weighted by molar-refractivity contribution is -0.141. The number of urea groups is 1. The van der Waals surface area contributed by atoms with Gasteiger partial charge in [-0.2, -0.15) is 0 Å². The standard InChI is InChI=1S/C22H26N2O5/c1-14(20(25)26)12-19(24-22(29)23-15(2)21(27)28)13-16-8-10-18(11-9-16)17-6-4-3-5-7-17/h3-11,14-15,19H,12-13H2,1-2H3,(H,25,26)(H,27,28)(H2,23,24,29)/t14-,15+,19+/m1/s1. The lowest BCUT2D eigenvalue weighted by atomic mass is 9.95. The molecule has 0 heterocycles. The Balaban J connectivity index is 2.08. The molecule has 0 saturated heterocycles. The minimum atomic E-state index is -1.15. The first kappa shape index (κ1) is 21.9. The van der Waals surface area contributed by atoms with E-state index in [0.29, 0.717) is 6.42 Å². The van der Waals surface area contributed by atoms with Gasteiger partial charge in [-0.1, -0.05) is 61.5 Å². The second kappa shape index (κ2) is 10.3. The smallest absolute Gasteiger partial charge is 0.325 e. The number of carboxylic acid groups (broad SMARTS) is 2. The molecule has 0 fully saturated rings. The summed E-state index contributed by atoms with van der Waals surface area (Å²) in [6, 6.07) is 15.6. The highest BCUT2D eigenvalue weighted by Crippen LogP contribution is 2.20. The van der Waals surface area contributed by atoms with Gasteiger partial charge in [-0.25, -0.2) is 4.79 Å². The summed E-state index contributed by atoms with van der Waals surface area (Å²) >= 11 is 0. The van der Waals surface area contributed by atoms with Crippen LogP contribution in [0.25, 0.3) is 11.1 Å². The molecule has 2 rings (SSSR count). The molecule has 0 aliphatic carbocycles. The molecule has 0 saturated carbocycles. The largest absolute Gasteiger partial charge is 0.481 e. The third-order valence-electron chi connectivity index (χ3n) is 4.66. The van der Waals surface area contributed by atoms with E-state index in [0.717, 1.165) is 16.7 Å². The lowest BCUT2D eigenvalue weighted by Gasteiger charge is -2.22. The molecule has 0 aromatic heterocycles. The molecule has 2 aromatic rings. The van der Waals surface area contributed by atoms with Crippen molar-refractivity contribution in [3.05, 3.63) is 60.2 Å². The molecule has 4 N–H and O–H groups in total. The van der Waals surface area contributed by atoms with E-state index < -0.39 is 36.0 Å². The van der Waals surface area contributed by atoms with Crippen LogP contribution >= 0.6 is 0 Å². The number of rotatable bonds is 9. The van der Waals surface area contributed by atoms with Gasteiger partial charge in [-0.3, -0.25) is 9.59 Å². The highest BCUT2D eigenvalue weighted by molar-refractivity contribution is 5.82. The summed E-state index contributed by atoms with van der Waals surface area (Å²) in [5, 5.41) is 23.2. The molecule has 0 aliphatic rings. The number of carboxylic acids is 2. The molecule has 7 heteroatoms. The van der Waals surface area contributed by atoms with Crippen LogP contribution in [0, 0.1) is 5.92 Å². The topological polar surface area (TPSA) is 116 Å². The monoisotopic (exact) mass is 398 g/mol. The first-order chi connectivity index (χ1) is 13.8. The minimum Gasteiger partial charge on any atom is -0.481 e. The predicted molar refractivity (Wildman–Crippen MR) is 110 cm³/mol. The predicted octanol–water partition coefficient (Wildman–Crippen LogP) is 3.15. The van der Waals surface area contributed by atoms with E-state index in [1.807, 2.05) is 54.6 Å².